The van der Waals surface area contributed by atoms with E-state index in [2.05, 4.69) is 0 Å². The first-order chi connectivity index (χ1) is 7.06. The number of nitrogens with zero attached hydrogens (tertiary/aromatic N) is 1. The molecule has 0 aromatic rings. The third kappa shape index (κ3) is 2.71. The van der Waals surface area contributed by atoms with Gasteiger partial charge in [-0.2, -0.15) is 0 Å². The Morgan fingerprint density at radius 1 is 1.47 bits per heavy atom. The van der Waals surface area contributed by atoms with Crippen molar-refractivity contribution in [2.45, 2.75) is 25.8 Å². The Balaban J connectivity index is 2.65. The van der Waals surface area contributed by atoms with E-state index in [-0.39, 0.29) is 5.92 Å². The number of hydrogen-bond acceptors (Lipinski definition) is 2. The van der Waals surface area contributed by atoms with Crippen LogP contribution in [0.3, 0.4) is 0 Å². The topological polar surface area (TPSA) is 77.8 Å². The van der Waals surface area contributed by atoms with Crippen molar-refractivity contribution >= 4 is 12.1 Å². The van der Waals surface area contributed by atoms with Crippen molar-refractivity contribution in [2.75, 3.05) is 6.54 Å². The predicted octanol–water partition coefficient (Wildman–Crippen LogP) is 1.41. The molecule has 1 saturated heterocycles. The average molecular weight is 213 g/mol. The Kier molecular flexibility index (Phi) is 3.71. The van der Waals surface area contributed by atoms with Gasteiger partial charge in [-0.15, -0.1) is 0 Å². The third-order valence-corrected chi connectivity index (χ3v) is 2.62. The Bertz CT molecular complexity index is 265. The van der Waals surface area contributed by atoms with E-state index in [0.717, 1.165) is 11.3 Å². The maximum atomic E-state index is 10.8. The number of carboxylic acids is 1. The Morgan fingerprint density at radius 3 is 2.53 bits per heavy atom. The fraction of sp³-hybridized carbons (Fsp3) is 0.600. The van der Waals surface area contributed by atoms with Gasteiger partial charge in [0.1, 0.15) is 6.04 Å². The number of carboxylic acid groups (broad SMARTS) is 2. The van der Waals surface area contributed by atoms with Crippen molar-refractivity contribution in [3.63, 3.8) is 0 Å². The molecular formula is C10H15NO4. The van der Waals surface area contributed by atoms with Gasteiger partial charge >= 0.3 is 12.1 Å². The van der Waals surface area contributed by atoms with Gasteiger partial charge < -0.3 is 10.2 Å². The molecule has 15 heavy (non-hydrogen) atoms. The summed E-state index contributed by atoms with van der Waals surface area (Å²) in [7, 11) is 0. The lowest BCUT2D eigenvalue weighted by Crippen LogP contribution is -2.39. The van der Waals surface area contributed by atoms with Gasteiger partial charge in [0.15, 0.2) is 0 Å². The van der Waals surface area contributed by atoms with Gasteiger partial charge in [-0.05, 0) is 25.7 Å². The van der Waals surface area contributed by atoms with Gasteiger partial charge in [0.05, 0.1) is 0 Å². The molecule has 0 radical (unpaired) electrons. The molecule has 2 N–H and O–H groups in total. The monoisotopic (exact) mass is 213 g/mol. The smallest absolute Gasteiger partial charge is 0.408 e. The first kappa shape index (κ1) is 11.6. The normalized spacial score (nSPS) is 26.1. The highest BCUT2D eigenvalue weighted by Crippen LogP contribution is 2.26. The molecular weight excluding hydrogens is 198 g/mol. The fourth-order valence-electron chi connectivity index (χ4n) is 1.87. The maximum absolute atomic E-state index is 10.8. The minimum Gasteiger partial charge on any atom is -0.480 e. The van der Waals surface area contributed by atoms with Crippen LogP contribution >= 0.6 is 0 Å². The van der Waals surface area contributed by atoms with E-state index in [1.54, 1.807) is 0 Å². The summed E-state index contributed by atoms with van der Waals surface area (Å²) in [5.74, 6) is -0.932. The zero-order valence-corrected chi connectivity index (χ0v) is 8.59. The molecule has 0 aliphatic carbocycles. The molecule has 1 aliphatic heterocycles. The summed E-state index contributed by atoms with van der Waals surface area (Å²) in [5, 5.41) is 17.7. The molecule has 0 saturated carbocycles. The highest BCUT2D eigenvalue weighted by molar-refractivity contribution is 5.80. The standard InChI is InChI=1S/C10H15NO4/c1-2-3-4-7-5-8(9(12)13)11(6-7)10(14)15/h2-3,7-8H,4-6H2,1H3,(H,12,13)(H,14,15)/b3-2+. The molecule has 84 valence electrons. The van der Waals surface area contributed by atoms with Crippen LogP contribution in [0, 0.1) is 5.92 Å². The second kappa shape index (κ2) is 4.82. The molecule has 1 heterocycles. The van der Waals surface area contributed by atoms with Crippen molar-refractivity contribution in [1.82, 2.24) is 4.90 Å². The maximum Gasteiger partial charge on any atom is 0.408 e. The van der Waals surface area contributed by atoms with Crippen LogP contribution in [-0.4, -0.2) is 39.8 Å². The summed E-state index contributed by atoms with van der Waals surface area (Å²) in [6, 6.07) is -0.877. The second-order valence-electron chi connectivity index (χ2n) is 3.70. The molecule has 2 unspecified atom stereocenters. The molecule has 0 aromatic heterocycles. The number of hydrogen-bond donors (Lipinski definition) is 2. The molecule has 1 fully saturated rings. The molecule has 1 rings (SSSR count). The van der Waals surface area contributed by atoms with Crippen LogP contribution in [0.4, 0.5) is 4.79 Å². The summed E-state index contributed by atoms with van der Waals surface area (Å²) < 4.78 is 0. The number of rotatable bonds is 3. The molecule has 0 aromatic carbocycles. The Morgan fingerprint density at radius 2 is 2.13 bits per heavy atom. The highest BCUT2D eigenvalue weighted by atomic mass is 16.4. The number of likely N-dealkylation sites (tertiary alicyclic amines) is 1. The van der Waals surface area contributed by atoms with Crippen LogP contribution in [0.25, 0.3) is 0 Å². The van der Waals surface area contributed by atoms with E-state index in [0.29, 0.717) is 13.0 Å². The summed E-state index contributed by atoms with van der Waals surface area (Å²) >= 11 is 0. The van der Waals surface area contributed by atoms with Gasteiger partial charge in [-0.25, -0.2) is 9.59 Å². The van der Waals surface area contributed by atoms with E-state index in [1.165, 1.54) is 0 Å². The molecule has 5 heteroatoms. The van der Waals surface area contributed by atoms with E-state index in [9.17, 15) is 9.59 Å². The van der Waals surface area contributed by atoms with Gasteiger partial charge in [-0.1, -0.05) is 12.2 Å². The minimum atomic E-state index is -1.15. The molecule has 2 atom stereocenters. The third-order valence-electron chi connectivity index (χ3n) is 2.62. The van der Waals surface area contributed by atoms with Crippen molar-refractivity contribution in [2.24, 2.45) is 5.92 Å². The van der Waals surface area contributed by atoms with Crippen molar-refractivity contribution in [3.8, 4) is 0 Å². The van der Waals surface area contributed by atoms with Crippen molar-refractivity contribution in [3.05, 3.63) is 12.2 Å². The Hall–Kier alpha value is -1.52. The second-order valence-corrected chi connectivity index (χ2v) is 3.70. The average Bonchev–Trinajstić information content (AvgIpc) is 2.58. The minimum absolute atomic E-state index is 0.124. The summed E-state index contributed by atoms with van der Waals surface area (Å²) in [6.07, 6.45) is 3.83. The summed E-state index contributed by atoms with van der Waals surface area (Å²) in [5.41, 5.74) is 0. The molecule has 1 amide bonds. The highest BCUT2D eigenvalue weighted by Gasteiger charge is 2.38. The van der Waals surface area contributed by atoms with Crippen LogP contribution in [0.5, 0.6) is 0 Å². The lowest BCUT2D eigenvalue weighted by atomic mass is 10.0. The quantitative estimate of drug-likeness (QED) is 0.695. The zero-order chi connectivity index (χ0) is 11.4. The van der Waals surface area contributed by atoms with Crippen LogP contribution < -0.4 is 0 Å². The predicted molar refractivity (Wildman–Crippen MR) is 53.7 cm³/mol. The SMILES string of the molecule is C/C=C/CC1CC(C(=O)O)N(C(=O)O)C1. The lowest BCUT2D eigenvalue weighted by molar-refractivity contribution is -0.141. The number of carbonyl (C=O) groups is 2. The van der Waals surface area contributed by atoms with Crippen LogP contribution in [0.2, 0.25) is 0 Å². The molecule has 5 nitrogen and oxygen atoms in total. The van der Waals surface area contributed by atoms with Gasteiger partial charge in [0.2, 0.25) is 0 Å². The summed E-state index contributed by atoms with van der Waals surface area (Å²) in [4.78, 5) is 22.6. The van der Waals surface area contributed by atoms with Crippen LogP contribution in [0.1, 0.15) is 19.8 Å². The van der Waals surface area contributed by atoms with Crippen molar-refractivity contribution in [1.29, 1.82) is 0 Å². The van der Waals surface area contributed by atoms with Gasteiger partial charge in [0.25, 0.3) is 0 Å². The number of amides is 1. The van der Waals surface area contributed by atoms with E-state index in [1.807, 2.05) is 19.1 Å². The number of aliphatic carboxylic acids is 1. The van der Waals surface area contributed by atoms with E-state index < -0.39 is 18.1 Å². The fourth-order valence-corrected chi connectivity index (χ4v) is 1.87. The number of allylic oxidation sites excluding steroid dienone is 2. The molecule has 0 bridgehead atoms. The lowest BCUT2D eigenvalue weighted by Gasteiger charge is -2.16. The summed E-state index contributed by atoms with van der Waals surface area (Å²) in [6.45, 7) is 2.20. The van der Waals surface area contributed by atoms with Gasteiger partial charge in [-0.3, -0.25) is 4.90 Å². The Labute approximate surface area is 88.0 Å². The molecule has 1 aliphatic rings. The van der Waals surface area contributed by atoms with Crippen LogP contribution in [0.15, 0.2) is 12.2 Å². The van der Waals surface area contributed by atoms with Gasteiger partial charge in [0, 0.05) is 6.54 Å². The zero-order valence-electron chi connectivity index (χ0n) is 8.59. The largest absolute Gasteiger partial charge is 0.480 e. The van der Waals surface area contributed by atoms with Crippen molar-refractivity contribution < 1.29 is 19.8 Å². The van der Waals surface area contributed by atoms with E-state index in [4.69, 9.17) is 10.2 Å². The van der Waals surface area contributed by atoms with Crippen LogP contribution in [-0.2, 0) is 4.79 Å². The first-order valence-electron chi connectivity index (χ1n) is 4.89. The first-order valence-corrected chi connectivity index (χ1v) is 4.89. The molecule has 0 spiro atoms. The van der Waals surface area contributed by atoms with E-state index >= 15 is 0 Å².